The summed E-state index contributed by atoms with van der Waals surface area (Å²) in [7, 11) is 3.25. The molecule has 1 saturated heterocycles. The highest BCUT2D eigenvalue weighted by atomic mass is 32.2. The molecule has 1 fully saturated rings. The number of hydrogen-bond donors (Lipinski definition) is 2. The number of phenols is 2. The van der Waals surface area contributed by atoms with E-state index in [-0.39, 0.29) is 39.9 Å². The van der Waals surface area contributed by atoms with Crippen LogP contribution in [0.25, 0.3) is 6.08 Å². The van der Waals surface area contributed by atoms with Crippen LogP contribution in [0.5, 0.6) is 17.2 Å². The summed E-state index contributed by atoms with van der Waals surface area (Å²) >= 11 is 0.834. The number of hydrogen-bond acceptors (Lipinski definition) is 8. The smallest absolute Gasteiger partial charge is 0.293 e. The Balaban J connectivity index is 1.37. The van der Waals surface area contributed by atoms with Crippen LogP contribution in [0, 0.1) is 6.92 Å². The number of para-hydroxylation sites is 1. The molecule has 9 nitrogen and oxygen atoms in total. The van der Waals surface area contributed by atoms with Crippen LogP contribution in [-0.2, 0) is 9.59 Å². The lowest BCUT2D eigenvalue weighted by molar-refractivity contribution is -0.130. The monoisotopic (exact) mass is 554 g/mol. The Kier molecular flexibility index (Phi) is 10.6. The second-order valence-electron chi connectivity index (χ2n) is 9.39. The molecular formula is C29H34N2O7S. The molecule has 0 aliphatic carbocycles. The fourth-order valence-corrected chi connectivity index (χ4v) is 5.09. The van der Waals surface area contributed by atoms with E-state index in [2.05, 4.69) is 0 Å². The Morgan fingerprint density at radius 3 is 2.49 bits per heavy atom. The number of thioether (sulfide) groups is 1. The summed E-state index contributed by atoms with van der Waals surface area (Å²) in [4.78, 5) is 53.1. The fraction of sp³-hybridized carbons (Fsp3) is 0.379. The van der Waals surface area contributed by atoms with Gasteiger partial charge in [0.1, 0.15) is 5.75 Å². The van der Waals surface area contributed by atoms with Crippen molar-refractivity contribution in [1.29, 1.82) is 0 Å². The predicted molar refractivity (Wildman–Crippen MR) is 150 cm³/mol. The molecule has 0 spiro atoms. The third-order valence-corrected chi connectivity index (χ3v) is 7.38. The van der Waals surface area contributed by atoms with Gasteiger partial charge in [-0.3, -0.25) is 24.1 Å². The molecule has 208 valence electrons. The summed E-state index contributed by atoms with van der Waals surface area (Å²) < 4.78 is 5.23. The summed E-state index contributed by atoms with van der Waals surface area (Å²) in [5, 5.41) is 19.1. The van der Waals surface area contributed by atoms with Crippen LogP contribution in [-0.4, -0.2) is 70.1 Å². The Bertz CT molecular complexity index is 1250. The lowest BCUT2D eigenvalue weighted by atomic mass is 10.0. The molecule has 10 heteroatoms. The second kappa shape index (κ2) is 13.8. The molecule has 2 aromatic carbocycles. The van der Waals surface area contributed by atoms with Crippen LogP contribution in [0.4, 0.5) is 4.79 Å². The molecule has 1 aliphatic rings. The van der Waals surface area contributed by atoms with Crippen molar-refractivity contribution in [3.05, 3.63) is 58.0 Å². The van der Waals surface area contributed by atoms with Crippen LogP contribution in [0.15, 0.2) is 41.3 Å². The average Bonchev–Trinajstić information content (AvgIpc) is 3.18. The van der Waals surface area contributed by atoms with Gasteiger partial charge in [-0.05, 0) is 85.8 Å². The number of carbonyl (C=O) groups excluding carboxylic acids is 4. The zero-order valence-corrected chi connectivity index (χ0v) is 23.3. The molecule has 0 saturated carbocycles. The summed E-state index contributed by atoms with van der Waals surface area (Å²) in [6.45, 7) is 2.37. The van der Waals surface area contributed by atoms with Gasteiger partial charge in [0, 0.05) is 33.0 Å². The van der Waals surface area contributed by atoms with E-state index in [9.17, 15) is 29.4 Å². The summed E-state index contributed by atoms with van der Waals surface area (Å²) in [5.74, 6) is -0.382. The Morgan fingerprint density at radius 2 is 1.77 bits per heavy atom. The summed E-state index contributed by atoms with van der Waals surface area (Å²) in [6, 6.07) is 10.0. The minimum absolute atomic E-state index is 0.00764. The van der Waals surface area contributed by atoms with Gasteiger partial charge in [-0.2, -0.15) is 0 Å². The van der Waals surface area contributed by atoms with Crippen LogP contribution < -0.4 is 4.74 Å². The molecule has 39 heavy (non-hydrogen) atoms. The molecule has 2 N–H and O–H groups in total. The number of benzene rings is 2. The van der Waals surface area contributed by atoms with Crippen LogP contribution in [0.2, 0.25) is 0 Å². The van der Waals surface area contributed by atoms with Gasteiger partial charge in [0.15, 0.2) is 17.3 Å². The molecule has 2 aromatic rings. The van der Waals surface area contributed by atoms with E-state index in [0.29, 0.717) is 67.5 Å². The lowest BCUT2D eigenvalue weighted by Crippen LogP contribution is -2.31. The molecular weight excluding hydrogens is 520 g/mol. The van der Waals surface area contributed by atoms with Crippen molar-refractivity contribution in [1.82, 2.24) is 9.80 Å². The number of phenolic OH excluding ortho intramolecular Hbond substituents is 2. The number of rotatable bonds is 13. The summed E-state index contributed by atoms with van der Waals surface area (Å²) in [6.07, 6.45) is 4.59. The third kappa shape index (κ3) is 7.86. The molecule has 3 rings (SSSR count). The lowest BCUT2D eigenvalue weighted by Gasteiger charge is -2.18. The molecule has 0 atom stereocenters. The van der Waals surface area contributed by atoms with Gasteiger partial charge in [0.25, 0.3) is 11.1 Å². The maximum Gasteiger partial charge on any atom is 0.293 e. The fourth-order valence-electron chi connectivity index (χ4n) is 4.22. The van der Waals surface area contributed by atoms with Crippen molar-refractivity contribution in [2.24, 2.45) is 0 Å². The van der Waals surface area contributed by atoms with E-state index in [4.69, 9.17) is 4.74 Å². The number of aryl methyl sites for hydroxylation is 1. The number of aromatic hydroxyl groups is 2. The first-order valence-electron chi connectivity index (χ1n) is 12.8. The zero-order chi connectivity index (χ0) is 28.5. The molecule has 1 heterocycles. The van der Waals surface area contributed by atoms with Crippen molar-refractivity contribution >= 4 is 40.7 Å². The van der Waals surface area contributed by atoms with Gasteiger partial charge in [-0.1, -0.05) is 12.1 Å². The highest BCUT2D eigenvalue weighted by Crippen LogP contribution is 2.35. The Morgan fingerprint density at radius 1 is 1.05 bits per heavy atom. The van der Waals surface area contributed by atoms with Gasteiger partial charge in [0.2, 0.25) is 5.91 Å². The number of ketones is 1. The maximum atomic E-state index is 12.7. The van der Waals surface area contributed by atoms with Gasteiger partial charge >= 0.3 is 0 Å². The number of amides is 3. The van der Waals surface area contributed by atoms with Gasteiger partial charge in [-0.25, -0.2) is 0 Å². The van der Waals surface area contributed by atoms with E-state index in [1.807, 2.05) is 6.07 Å². The van der Waals surface area contributed by atoms with E-state index < -0.39 is 5.91 Å². The minimum atomic E-state index is -0.401. The second-order valence-corrected chi connectivity index (χ2v) is 10.4. The number of ether oxygens (including phenoxy) is 1. The highest BCUT2D eigenvalue weighted by Gasteiger charge is 2.34. The standard InChI is InChI=1S/C29H34N2O7S/c1-19-16-20(17-23(33)27(19)35)18-25-28(36)31(29(37)39-25)15-9-8-14-30(2)26(34)13-7-5-11-22(32)21-10-4-6-12-24(21)38-3/h4,6,10,12,16-18,33,35H,5,7-9,11,13-15H2,1-3H3/b25-18-. The quantitative estimate of drug-likeness (QED) is 0.151. The van der Waals surface area contributed by atoms with Crippen molar-refractivity contribution in [2.45, 2.75) is 45.4 Å². The Labute approximate surface area is 232 Å². The molecule has 3 amide bonds. The van der Waals surface area contributed by atoms with Crippen molar-refractivity contribution in [3.8, 4) is 17.2 Å². The van der Waals surface area contributed by atoms with E-state index in [1.165, 1.54) is 24.2 Å². The van der Waals surface area contributed by atoms with Gasteiger partial charge in [-0.15, -0.1) is 0 Å². The first kappa shape index (κ1) is 29.8. The zero-order valence-electron chi connectivity index (χ0n) is 22.4. The number of nitrogens with zero attached hydrogens (tertiary/aromatic N) is 2. The minimum Gasteiger partial charge on any atom is -0.504 e. The first-order valence-corrected chi connectivity index (χ1v) is 13.6. The molecule has 0 bridgehead atoms. The van der Waals surface area contributed by atoms with E-state index >= 15 is 0 Å². The molecule has 0 radical (unpaired) electrons. The van der Waals surface area contributed by atoms with Gasteiger partial charge in [0.05, 0.1) is 17.6 Å². The first-order chi connectivity index (χ1) is 18.6. The Hall–Kier alpha value is -3.79. The number of Topliss-reactive ketones (excluding diaryl/α,β-unsaturated/α-hetero) is 1. The van der Waals surface area contributed by atoms with Crippen molar-refractivity contribution < 1.29 is 34.1 Å². The number of methoxy groups -OCH3 is 1. The van der Waals surface area contributed by atoms with E-state index in [0.717, 1.165) is 11.8 Å². The summed E-state index contributed by atoms with van der Waals surface area (Å²) in [5.41, 5.74) is 1.52. The topological polar surface area (TPSA) is 124 Å². The van der Waals surface area contributed by atoms with Crippen LogP contribution in [0.1, 0.15) is 60.0 Å². The normalized spacial score (nSPS) is 14.2. The van der Waals surface area contributed by atoms with Gasteiger partial charge < -0.3 is 19.8 Å². The number of imide groups is 1. The third-order valence-electron chi connectivity index (χ3n) is 6.48. The van der Waals surface area contributed by atoms with Crippen LogP contribution in [0.3, 0.4) is 0 Å². The SMILES string of the molecule is COc1ccccc1C(=O)CCCCC(=O)N(C)CCCCN1C(=O)S/C(=C\c2cc(C)c(O)c(O)c2)C1=O. The van der Waals surface area contributed by atoms with Crippen molar-refractivity contribution in [2.75, 3.05) is 27.2 Å². The highest BCUT2D eigenvalue weighted by molar-refractivity contribution is 8.18. The maximum absolute atomic E-state index is 12.7. The number of carbonyl (C=O) groups is 4. The largest absolute Gasteiger partial charge is 0.504 e. The molecule has 1 aliphatic heterocycles. The van der Waals surface area contributed by atoms with E-state index in [1.54, 1.807) is 43.1 Å². The van der Waals surface area contributed by atoms with Crippen molar-refractivity contribution in [3.63, 3.8) is 0 Å². The van der Waals surface area contributed by atoms with Crippen LogP contribution >= 0.6 is 11.8 Å². The predicted octanol–water partition coefficient (Wildman–Crippen LogP) is 5.13. The molecule has 0 unspecified atom stereocenters. The molecule has 0 aromatic heterocycles. The number of unbranched alkanes of at least 4 members (excludes halogenated alkanes) is 2. The average molecular weight is 555 g/mol.